The van der Waals surface area contributed by atoms with Gasteiger partial charge in [-0.05, 0) is 43.5 Å². The van der Waals surface area contributed by atoms with Gasteiger partial charge in [-0.25, -0.2) is 13.6 Å². The van der Waals surface area contributed by atoms with Crippen LogP contribution in [-0.2, 0) is 19.3 Å². The number of methoxy groups -OCH3 is 1. The molecule has 1 aliphatic carbocycles. The number of aromatic nitrogens is 2. The van der Waals surface area contributed by atoms with E-state index in [1.807, 2.05) is 12.2 Å². The summed E-state index contributed by atoms with van der Waals surface area (Å²) < 4.78 is 77.9. The molecular weight excluding hydrogens is 521 g/mol. The Morgan fingerprint density at radius 3 is 2.41 bits per heavy atom. The van der Waals surface area contributed by atoms with Crippen LogP contribution in [0.25, 0.3) is 11.1 Å². The first kappa shape index (κ1) is 28.0. The molecule has 0 unspecified atom stereocenters. The van der Waals surface area contributed by atoms with Crippen LogP contribution in [0, 0.1) is 18.6 Å². The van der Waals surface area contributed by atoms with Gasteiger partial charge in [0, 0.05) is 22.9 Å². The molecule has 2 N–H and O–H groups in total. The Morgan fingerprint density at radius 2 is 1.77 bits per heavy atom. The van der Waals surface area contributed by atoms with Crippen LogP contribution >= 0.6 is 0 Å². The van der Waals surface area contributed by atoms with Crippen LogP contribution in [0.2, 0.25) is 0 Å². The van der Waals surface area contributed by atoms with E-state index in [1.54, 1.807) is 6.08 Å². The molecule has 0 spiro atoms. The van der Waals surface area contributed by atoms with E-state index < -0.39 is 52.8 Å². The number of ether oxygens (including phenoxy) is 1. The number of hydrogen-bond donors (Lipinski definition) is 1. The summed E-state index contributed by atoms with van der Waals surface area (Å²) in [7, 11) is 1.23. The fraction of sp³-hybridized carbons (Fsp3) is 0.286. The van der Waals surface area contributed by atoms with Gasteiger partial charge in [-0.3, -0.25) is 13.9 Å². The molecule has 3 aromatic rings. The van der Waals surface area contributed by atoms with Crippen molar-refractivity contribution in [1.82, 2.24) is 9.13 Å². The number of hydrogen-bond acceptors (Lipinski definition) is 4. The van der Waals surface area contributed by atoms with Gasteiger partial charge in [-0.1, -0.05) is 36.4 Å². The lowest BCUT2D eigenvalue weighted by Crippen LogP contribution is -2.46. The Morgan fingerprint density at radius 1 is 1.05 bits per heavy atom. The van der Waals surface area contributed by atoms with Gasteiger partial charge in [0.05, 0.1) is 31.3 Å². The molecule has 6 nitrogen and oxygen atoms in total. The second-order valence-electron chi connectivity index (χ2n) is 9.12. The molecule has 0 amide bonds. The molecule has 0 aliphatic heterocycles. The fourth-order valence-electron chi connectivity index (χ4n) is 4.67. The van der Waals surface area contributed by atoms with Gasteiger partial charge in [0.2, 0.25) is 0 Å². The summed E-state index contributed by atoms with van der Waals surface area (Å²) in [6, 6.07) is 5.70. The Hall–Kier alpha value is -3.99. The zero-order valence-corrected chi connectivity index (χ0v) is 21.2. The summed E-state index contributed by atoms with van der Waals surface area (Å²) in [6.45, 7) is 0.0980. The van der Waals surface area contributed by atoms with Crippen LogP contribution in [0.1, 0.15) is 29.7 Å². The van der Waals surface area contributed by atoms with Crippen LogP contribution in [0.5, 0.6) is 5.75 Å². The monoisotopic (exact) mass is 547 g/mol. The molecule has 0 radical (unpaired) electrons. The van der Waals surface area contributed by atoms with E-state index in [2.05, 4.69) is 0 Å². The van der Waals surface area contributed by atoms with Gasteiger partial charge in [0.1, 0.15) is 5.82 Å². The fourth-order valence-corrected chi connectivity index (χ4v) is 4.67. The molecule has 0 bridgehead atoms. The number of nitrogens with zero attached hydrogens (tertiary/aromatic N) is 2. The lowest BCUT2D eigenvalue weighted by molar-refractivity contribution is -0.138. The third-order valence-electron chi connectivity index (χ3n) is 6.71. The van der Waals surface area contributed by atoms with E-state index in [-0.39, 0.29) is 29.1 Å². The van der Waals surface area contributed by atoms with Crippen LogP contribution < -0.4 is 21.7 Å². The average Bonchev–Trinajstić information content (AvgIpc) is 2.90. The first-order valence-corrected chi connectivity index (χ1v) is 12.1. The molecule has 1 aromatic heterocycles. The summed E-state index contributed by atoms with van der Waals surface area (Å²) in [6.07, 6.45) is 2.12. The first-order chi connectivity index (χ1) is 18.5. The highest BCUT2D eigenvalue weighted by Gasteiger charge is 2.35. The maximum absolute atomic E-state index is 15.3. The van der Waals surface area contributed by atoms with E-state index in [4.69, 9.17) is 10.5 Å². The molecule has 206 valence electrons. The molecule has 11 heteroatoms. The minimum absolute atomic E-state index is 0.143. The molecule has 4 rings (SSSR count). The molecule has 1 heterocycles. The lowest BCUT2D eigenvalue weighted by atomic mass is 10.00. The lowest BCUT2D eigenvalue weighted by Gasteiger charge is -2.22. The predicted octanol–water partition coefficient (Wildman–Crippen LogP) is 4.94. The van der Waals surface area contributed by atoms with Crippen LogP contribution in [-0.4, -0.2) is 22.3 Å². The largest absolute Gasteiger partial charge is 0.494 e. The van der Waals surface area contributed by atoms with E-state index in [0.29, 0.717) is 18.1 Å². The van der Waals surface area contributed by atoms with Gasteiger partial charge in [-0.15, -0.1) is 0 Å². The van der Waals surface area contributed by atoms with Crippen molar-refractivity contribution < 1.29 is 26.7 Å². The summed E-state index contributed by atoms with van der Waals surface area (Å²) in [5.41, 5.74) is 2.36. The maximum Gasteiger partial charge on any atom is 0.416 e. The molecule has 39 heavy (non-hydrogen) atoms. The summed E-state index contributed by atoms with van der Waals surface area (Å²) in [5, 5.41) is 0. The second-order valence-corrected chi connectivity index (χ2v) is 9.12. The third-order valence-corrected chi connectivity index (χ3v) is 6.71. The third kappa shape index (κ3) is 5.44. The van der Waals surface area contributed by atoms with Gasteiger partial charge < -0.3 is 10.5 Å². The number of rotatable bonds is 7. The van der Waals surface area contributed by atoms with Crippen LogP contribution in [0.15, 0.2) is 69.8 Å². The molecule has 2 aromatic carbocycles. The average molecular weight is 548 g/mol. The van der Waals surface area contributed by atoms with E-state index >= 15 is 4.39 Å². The van der Waals surface area contributed by atoms with Gasteiger partial charge >= 0.3 is 11.9 Å². The van der Waals surface area contributed by atoms with Crippen molar-refractivity contribution in [3.05, 3.63) is 109 Å². The minimum atomic E-state index is -4.91. The van der Waals surface area contributed by atoms with Gasteiger partial charge in [0.15, 0.2) is 11.6 Å². The van der Waals surface area contributed by atoms with Crippen molar-refractivity contribution in [1.29, 1.82) is 0 Å². The number of nitrogens with two attached hydrogens (primary N) is 1. The van der Waals surface area contributed by atoms with Crippen LogP contribution in [0.3, 0.4) is 0 Å². The number of halogens is 5. The Labute approximate surface area is 220 Å². The van der Waals surface area contributed by atoms with Crippen molar-refractivity contribution in [2.24, 2.45) is 5.73 Å². The van der Waals surface area contributed by atoms with Crippen molar-refractivity contribution >= 4 is 0 Å². The van der Waals surface area contributed by atoms with Gasteiger partial charge in [-0.2, -0.15) is 13.2 Å². The molecular formula is C28H26F5N3O3. The Bertz CT molecular complexity index is 1580. The van der Waals surface area contributed by atoms with Crippen molar-refractivity contribution in [2.75, 3.05) is 7.11 Å². The zero-order chi connectivity index (χ0) is 28.5. The van der Waals surface area contributed by atoms with Crippen molar-refractivity contribution in [3.8, 4) is 16.9 Å². The summed E-state index contributed by atoms with van der Waals surface area (Å²) >= 11 is 0. The number of alkyl halides is 3. The smallest absolute Gasteiger partial charge is 0.416 e. The molecule has 1 aliphatic rings. The standard InChI is InChI=1S/C28H26F5N3O3/c1-16-24(18-10-6-13-23(39-2)25(18)30)26(37)36(15-22(34)17-8-4-3-5-9-17)27(38)35(16)14-19-20(28(31,32)33)11-7-12-21(19)29/h4,6-13,22H,3,5,14-15,34H2,1-2H3/t22-/m0/s1. The molecule has 1 atom stereocenters. The van der Waals surface area contributed by atoms with Crippen molar-refractivity contribution in [3.63, 3.8) is 0 Å². The molecule has 0 saturated carbocycles. The Balaban J connectivity index is 1.99. The highest BCUT2D eigenvalue weighted by Crippen LogP contribution is 2.34. The highest BCUT2D eigenvalue weighted by atomic mass is 19.4. The van der Waals surface area contributed by atoms with Crippen LogP contribution in [0.4, 0.5) is 22.0 Å². The van der Waals surface area contributed by atoms with E-state index in [1.165, 1.54) is 32.2 Å². The predicted molar refractivity (Wildman–Crippen MR) is 137 cm³/mol. The van der Waals surface area contributed by atoms with E-state index in [9.17, 15) is 27.2 Å². The minimum Gasteiger partial charge on any atom is -0.494 e. The van der Waals surface area contributed by atoms with Gasteiger partial charge in [0.25, 0.3) is 5.56 Å². The number of allylic oxidation sites excluding steroid dienone is 2. The molecule has 0 saturated heterocycles. The summed E-state index contributed by atoms with van der Waals surface area (Å²) in [5.74, 6) is -2.27. The SMILES string of the molecule is COc1cccc(-c2c(C)n(Cc3c(F)cccc3C(F)(F)F)c(=O)n(C[C@H](N)C3=CCCC=C3)c2=O)c1F. The quantitative estimate of drug-likeness (QED) is 0.425. The first-order valence-electron chi connectivity index (χ1n) is 12.1. The summed E-state index contributed by atoms with van der Waals surface area (Å²) in [4.78, 5) is 27.3. The number of benzene rings is 2. The van der Waals surface area contributed by atoms with E-state index in [0.717, 1.165) is 27.7 Å². The topological polar surface area (TPSA) is 79.2 Å². The van der Waals surface area contributed by atoms with Crippen molar-refractivity contribution in [2.45, 2.75) is 45.1 Å². The second kappa shape index (κ2) is 11.0. The molecule has 0 fully saturated rings. The Kier molecular flexibility index (Phi) is 7.91. The maximum atomic E-state index is 15.3. The highest BCUT2D eigenvalue weighted by molar-refractivity contribution is 5.67. The normalized spacial score (nSPS) is 14.3. The zero-order valence-electron chi connectivity index (χ0n) is 21.2.